The van der Waals surface area contributed by atoms with E-state index in [1.165, 1.54) is 0 Å². The third kappa shape index (κ3) is 3.39. The number of carbonyl (C=O) groups excluding carboxylic acids is 4. The van der Waals surface area contributed by atoms with Crippen LogP contribution in [0.3, 0.4) is 0 Å². The van der Waals surface area contributed by atoms with Crippen LogP contribution >= 0.6 is 0 Å². The van der Waals surface area contributed by atoms with Crippen LogP contribution in [-0.4, -0.2) is 48.8 Å². The normalized spacial score (nSPS) is 32.0. The maximum Gasteiger partial charge on any atom is 0.338 e. The molecule has 0 N–H and O–H groups in total. The molecule has 0 aliphatic carbocycles. The minimum Gasteiger partial charge on any atom is -0.462 e. The van der Waals surface area contributed by atoms with Gasteiger partial charge in [0.05, 0.1) is 23.7 Å². The molecule has 1 aromatic carbocycles. The van der Waals surface area contributed by atoms with Gasteiger partial charge in [-0.25, -0.2) is 4.79 Å². The zero-order valence-electron chi connectivity index (χ0n) is 17.1. The van der Waals surface area contributed by atoms with Crippen molar-refractivity contribution in [3.8, 4) is 0 Å². The predicted octanol–water partition coefficient (Wildman–Crippen LogP) is 1.91. The lowest BCUT2D eigenvalue weighted by atomic mass is 9.69. The summed E-state index contributed by atoms with van der Waals surface area (Å²) in [5, 5.41) is 0. The Hall–Kier alpha value is -2.74. The summed E-state index contributed by atoms with van der Waals surface area (Å²) in [6, 6.07) is 8.57. The maximum atomic E-state index is 12.3. The average molecular weight is 416 g/mol. The van der Waals surface area contributed by atoms with Crippen molar-refractivity contribution in [2.24, 2.45) is 23.2 Å². The van der Waals surface area contributed by atoms with E-state index in [-0.39, 0.29) is 19.1 Å². The summed E-state index contributed by atoms with van der Waals surface area (Å²) >= 11 is 0. The number of cyclic esters (lactones) is 2. The van der Waals surface area contributed by atoms with Crippen molar-refractivity contribution in [3.05, 3.63) is 35.9 Å². The molecule has 0 radical (unpaired) electrons. The summed E-state index contributed by atoms with van der Waals surface area (Å²) < 4.78 is 21.8. The van der Waals surface area contributed by atoms with E-state index in [1.54, 1.807) is 51.1 Å². The minimum atomic E-state index is -1.15. The van der Waals surface area contributed by atoms with E-state index in [0.29, 0.717) is 12.0 Å². The Bertz CT molecular complexity index is 886. The summed E-state index contributed by atoms with van der Waals surface area (Å²) in [7, 11) is 0. The first-order valence-electron chi connectivity index (χ1n) is 9.95. The van der Waals surface area contributed by atoms with E-state index < -0.39 is 52.8 Å². The minimum absolute atomic E-state index is 0.0258. The Balaban J connectivity index is 1.49. The molecule has 8 nitrogen and oxygen atoms in total. The zero-order chi connectivity index (χ0) is 21.7. The first kappa shape index (κ1) is 20.5. The standard InChI is InChI=1S/C22H24O8/c1-21(2,3)20(26)28-11-22-9-13(10-27-17(23)12-7-5-4-6-8-12)16(30-22)14-15(22)19(25)29-18(14)24/h4-8,13-16H,9-11H2,1-3H3/t13-,14+,15+,16-,22-/m0/s1. The van der Waals surface area contributed by atoms with Gasteiger partial charge in [-0.3, -0.25) is 14.4 Å². The summed E-state index contributed by atoms with van der Waals surface area (Å²) in [4.78, 5) is 49.1. The number of ether oxygens (including phenoxy) is 4. The summed E-state index contributed by atoms with van der Waals surface area (Å²) in [5.74, 6) is -4.11. The molecule has 8 heteroatoms. The molecular formula is C22H24O8. The molecule has 3 heterocycles. The molecule has 3 saturated heterocycles. The molecule has 0 unspecified atom stereocenters. The molecule has 160 valence electrons. The van der Waals surface area contributed by atoms with Gasteiger partial charge >= 0.3 is 23.9 Å². The van der Waals surface area contributed by atoms with E-state index in [0.717, 1.165) is 0 Å². The van der Waals surface area contributed by atoms with Gasteiger partial charge in [0.15, 0.2) is 0 Å². The van der Waals surface area contributed by atoms with Gasteiger partial charge < -0.3 is 18.9 Å². The zero-order valence-corrected chi connectivity index (χ0v) is 17.1. The molecule has 0 amide bonds. The first-order valence-corrected chi connectivity index (χ1v) is 9.95. The van der Waals surface area contributed by atoms with Crippen LogP contribution in [0.1, 0.15) is 37.6 Å². The van der Waals surface area contributed by atoms with Crippen LogP contribution < -0.4 is 0 Å². The fourth-order valence-corrected chi connectivity index (χ4v) is 4.50. The average Bonchev–Trinajstić information content (AvgIpc) is 3.33. The van der Waals surface area contributed by atoms with Crippen molar-refractivity contribution < 1.29 is 38.1 Å². The Kier molecular flexibility index (Phi) is 4.92. The summed E-state index contributed by atoms with van der Waals surface area (Å²) in [6.45, 7) is 5.04. The molecule has 3 aliphatic rings. The van der Waals surface area contributed by atoms with Crippen molar-refractivity contribution in [1.29, 1.82) is 0 Å². The van der Waals surface area contributed by atoms with E-state index in [4.69, 9.17) is 18.9 Å². The maximum absolute atomic E-state index is 12.3. The molecule has 1 aromatic rings. The highest BCUT2D eigenvalue weighted by molar-refractivity contribution is 5.98. The van der Waals surface area contributed by atoms with Crippen LogP contribution in [0.5, 0.6) is 0 Å². The molecule has 2 bridgehead atoms. The van der Waals surface area contributed by atoms with Gasteiger partial charge in [-0.05, 0) is 39.3 Å². The highest BCUT2D eigenvalue weighted by atomic mass is 16.6. The second-order valence-corrected chi connectivity index (χ2v) is 9.15. The molecular weight excluding hydrogens is 392 g/mol. The van der Waals surface area contributed by atoms with Crippen molar-refractivity contribution >= 4 is 23.9 Å². The fourth-order valence-electron chi connectivity index (χ4n) is 4.50. The molecule has 3 aliphatic heterocycles. The topological polar surface area (TPSA) is 105 Å². The van der Waals surface area contributed by atoms with Crippen LogP contribution in [0.15, 0.2) is 30.3 Å². The monoisotopic (exact) mass is 416 g/mol. The second kappa shape index (κ2) is 7.19. The van der Waals surface area contributed by atoms with Crippen LogP contribution in [0, 0.1) is 23.2 Å². The van der Waals surface area contributed by atoms with Crippen LogP contribution in [0.4, 0.5) is 0 Å². The molecule has 4 rings (SSSR count). The number of hydrogen-bond donors (Lipinski definition) is 0. The number of esters is 4. The van der Waals surface area contributed by atoms with Crippen LogP contribution in [0.25, 0.3) is 0 Å². The number of benzene rings is 1. The van der Waals surface area contributed by atoms with Crippen molar-refractivity contribution in [1.82, 2.24) is 0 Å². The summed E-state index contributed by atoms with van der Waals surface area (Å²) in [5.41, 5.74) is -1.45. The van der Waals surface area contributed by atoms with Gasteiger partial charge in [0.1, 0.15) is 24.0 Å². The SMILES string of the molecule is CC(C)(C)C(=O)OC[C@]12C[C@@H](COC(=O)c3ccccc3)[C@H](O1)[C@@H]1C(=O)OC(=O)[C@@H]12. The third-order valence-electron chi connectivity index (χ3n) is 5.95. The molecule has 0 saturated carbocycles. The van der Waals surface area contributed by atoms with Crippen molar-refractivity contribution in [2.45, 2.75) is 38.9 Å². The largest absolute Gasteiger partial charge is 0.462 e. The van der Waals surface area contributed by atoms with E-state index in [9.17, 15) is 19.2 Å². The van der Waals surface area contributed by atoms with Gasteiger partial charge in [-0.1, -0.05) is 18.2 Å². The number of rotatable bonds is 5. The van der Waals surface area contributed by atoms with Gasteiger partial charge in [-0.15, -0.1) is 0 Å². The highest BCUT2D eigenvalue weighted by Crippen LogP contribution is 2.57. The van der Waals surface area contributed by atoms with E-state index >= 15 is 0 Å². The smallest absolute Gasteiger partial charge is 0.338 e. The van der Waals surface area contributed by atoms with E-state index in [1.807, 2.05) is 0 Å². The number of fused-ring (bicyclic) bond motifs is 5. The fraction of sp³-hybridized carbons (Fsp3) is 0.545. The quantitative estimate of drug-likeness (QED) is 0.407. The van der Waals surface area contributed by atoms with Gasteiger partial charge in [0.25, 0.3) is 0 Å². The second-order valence-electron chi connectivity index (χ2n) is 9.15. The predicted molar refractivity (Wildman–Crippen MR) is 101 cm³/mol. The summed E-state index contributed by atoms with van der Waals surface area (Å²) in [6.07, 6.45) is -0.313. The van der Waals surface area contributed by atoms with Gasteiger partial charge in [0, 0.05) is 5.92 Å². The van der Waals surface area contributed by atoms with Gasteiger partial charge in [0.2, 0.25) is 0 Å². The van der Waals surface area contributed by atoms with Crippen molar-refractivity contribution in [3.63, 3.8) is 0 Å². The van der Waals surface area contributed by atoms with Gasteiger partial charge in [-0.2, -0.15) is 0 Å². The lowest BCUT2D eigenvalue weighted by Gasteiger charge is -2.32. The first-order chi connectivity index (χ1) is 14.1. The Morgan fingerprint density at radius 3 is 2.47 bits per heavy atom. The lowest BCUT2D eigenvalue weighted by molar-refractivity contribution is -0.169. The van der Waals surface area contributed by atoms with E-state index in [2.05, 4.69) is 0 Å². The Morgan fingerprint density at radius 1 is 1.10 bits per heavy atom. The molecule has 30 heavy (non-hydrogen) atoms. The van der Waals surface area contributed by atoms with Crippen molar-refractivity contribution in [2.75, 3.05) is 13.2 Å². The molecule has 3 fully saturated rings. The van der Waals surface area contributed by atoms with Crippen LogP contribution in [-0.2, 0) is 33.3 Å². The third-order valence-corrected chi connectivity index (χ3v) is 5.95. The molecule has 5 atom stereocenters. The highest BCUT2D eigenvalue weighted by Gasteiger charge is 2.72. The molecule has 0 spiro atoms. The Morgan fingerprint density at radius 2 is 1.80 bits per heavy atom. The Labute approximate surface area is 173 Å². The number of hydrogen-bond acceptors (Lipinski definition) is 8. The lowest BCUT2D eigenvalue weighted by Crippen LogP contribution is -2.47. The van der Waals surface area contributed by atoms with Crippen LogP contribution in [0.2, 0.25) is 0 Å². The molecule has 0 aromatic heterocycles. The number of carbonyl (C=O) groups is 4.